The highest BCUT2D eigenvalue weighted by Crippen LogP contribution is 2.23. The number of nitrogens with one attached hydrogen (secondary N) is 2. The zero-order chi connectivity index (χ0) is 16.2. The van der Waals surface area contributed by atoms with E-state index in [1.807, 2.05) is 49.4 Å². The van der Waals surface area contributed by atoms with Gasteiger partial charge in [-0.1, -0.05) is 48.5 Å². The highest BCUT2D eigenvalue weighted by molar-refractivity contribution is 5.84. The fourth-order valence-corrected chi connectivity index (χ4v) is 3.11. The third kappa shape index (κ3) is 3.44. The van der Waals surface area contributed by atoms with Crippen molar-refractivity contribution in [3.63, 3.8) is 0 Å². The number of hydrogen-bond donors (Lipinski definition) is 3. The molecule has 4 nitrogen and oxygen atoms in total. The molecule has 4 heteroatoms. The molecule has 23 heavy (non-hydrogen) atoms. The predicted molar refractivity (Wildman–Crippen MR) is 90.0 cm³/mol. The first-order valence-electron chi connectivity index (χ1n) is 7.99. The third-order valence-electron chi connectivity index (χ3n) is 4.39. The Kier molecular flexibility index (Phi) is 4.74. The van der Waals surface area contributed by atoms with E-state index in [-0.39, 0.29) is 18.5 Å². The van der Waals surface area contributed by atoms with Gasteiger partial charge in [-0.2, -0.15) is 0 Å². The van der Waals surface area contributed by atoms with E-state index in [9.17, 15) is 9.90 Å². The molecule has 1 aliphatic rings. The molecule has 0 aromatic heterocycles. The molecule has 1 aliphatic heterocycles. The summed E-state index contributed by atoms with van der Waals surface area (Å²) in [6.45, 7) is 2.96. The molecular weight excluding hydrogens is 288 g/mol. The summed E-state index contributed by atoms with van der Waals surface area (Å²) < 4.78 is 0. The Morgan fingerprint density at radius 1 is 1.26 bits per heavy atom. The van der Waals surface area contributed by atoms with Crippen molar-refractivity contribution in [2.45, 2.75) is 25.5 Å². The van der Waals surface area contributed by atoms with E-state index < -0.39 is 6.10 Å². The first kappa shape index (κ1) is 15.7. The van der Waals surface area contributed by atoms with E-state index >= 15 is 0 Å². The van der Waals surface area contributed by atoms with Gasteiger partial charge in [-0.05, 0) is 35.6 Å². The molecule has 2 unspecified atom stereocenters. The van der Waals surface area contributed by atoms with Crippen molar-refractivity contribution in [1.82, 2.24) is 10.6 Å². The van der Waals surface area contributed by atoms with Crippen LogP contribution in [0.5, 0.6) is 0 Å². The molecule has 0 radical (unpaired) electrons. The number of rotatable bonds is 4. The summed E-state index contributed by atoms with van der Waals surface area (Å²) in [6.07, 6.45) is 0.241. The van der Waals surface area contributed by atoms with Gasteiger partial charge in [0.1, 0.15) is 6.04 Å². The summed E-state index contributed by atoms with van der Waals surface area (Å²) in [7, 11) is 0. The van der Waals surface area contributed by atoms with Crippen LogP contribution < -0.4 is 10.6 Å². The summed E-state index contributed by atoms with van der Waals surface area (Å²) in [6, 6.07) is 15.3. The van der Waals surface area contributed by atoms with Crippen molar-refractivity contribution in [2.75, 3.05) is 13.1 Å². The van der Waals surface area contributed by atoms with Crippen molar-refractivity contribution in [1.29, 1.82) is 0 Å². The quantitative estimate of drug-likeness (QED) is 0.810. The maximum absolute atomic E-state index is 12.5. The average Bonchev–Trinajstić information content (AvgIpc) is 2.59. The average molecular weight is 310 g/mol. The van der Waals surface area contributed by atoms with Gasteiger partial charge < -0.3 is 15.7 Å². The molecule has 0 saturated carbocycles. The smallest absolute Gasteiger partial charge is 0.241 e. The molecule has 1 heterocycles. The number of hydrogen-bond acceptors (Lipinski definition) is 3. The van der Waals surface area contributed by atoms with Crippen molar-refractivity contribution in [2.24, 2.45) is 0 Å². The number of aryl methyl sites for hydroxylation is 1. The van der Waals surface area contributed by atoms with Gasteiger partial charge in [0.05, 0.1) is 6.10 Å². The molecule has 0 bridgehead atoms. The van der Waals surface area contributed by atoms with Gasteiger partial charge in [-0.15, -0.1) is 0 Å². The molecule has 2 atom stereocenters. The second-order valence-corrected chi connectivity index (χ2v) is 5.95. The van der Waals surface area contributed by atoms with Crippen LogP contribution in [0.25, 0.3) is 0 Å². The molecule has 0 fully saturated rings. The minimum atomic E-state index is -0.695. The van der Waals surface area contributed by atoms with Crippen LogP contribution in [0.2, 0.25) is 0 Å². The number of carbonyl (C=O) groups excluding carboxylic acids is 1. The molecule has 0 saturated heterocycles. The minimum Gasteiger partial charge on any atom is -0.387 e. The summed E-state index contributed by atoms with van der Waals surface area (Å²) in [5, 5.41) is 16.4. The Balaban J connectivity index is 1.66. The Morgan fingerprint density at radius 3 is 2.83 bits per heavy atom. The molecular formula is C19H22N2O2. The van der Waals surface area contributed by atoms with Gasteiger partial charge in [0, 0.05) is 13.1 Å². The highest BCUT2D eigenvalue weighted by Gasteiger charge is 2.26. The number of benzene rings is 2. The van der Waals surface area contributed by atoms with Crippen LogP contribution in [-0.2, 0) is 11.2 Å². The Labute approximate surface area is 136 Å². The molecule has 2 aromatic carbocycles. The fraction of sp³-hybridized carbons (Fsp3) is 0.316. The van der Waals surface area contributed by atoms with Crippen molar-refractivity contribution in [3.05, 3.63) is 70.8 Å². The maximum Gasteiger partial charge on any atom is 0.241 e. The fourth-order valence-electron chi connectivity index (χ4n) is 3.11. The topological polar surface area (TPSA) is 61.4 Å². The van der Waals surface area contributed by atoms with E-state index in [1.54, 1.807) is 0 Å². The predicted octanol–water partition coefficient (Wildman–Crippen LogP) is 2.03. The number of aliphatic hydroxyl groups is 1. The lowest BCUT2D eigenvalue weighted by atomic mass is 9.94. The standard InChI is InChI=1S/C19H22N2O2/c1-13-6-2-4-8-15(13)17(22)12-21-19(23)18-16-9-5-3-7-14(16)10-11-20-18/h2-9,17-18,20,22H,10-12H2,1H3,(H,21,23). The second-order valence-electron chi connectivity index (χ2n) is 5.95. The van der Waals surface area contributed by atoms with Gasteiger partial charge in [0.25, 0.3) is 0 Å². The van der Waals surface area contributed by atoms with Crippen LogP contribution in [0, 0.1) is 6.92 Å². The van der Waals surface area contributed by atoms with E-state index in [4.69, 9.17) is 0 Å². The summed E-state index contributed by atoms with van der Waals surface area (Å²) in [5.41, 5.74) is 4.12. The van der Waals surface area contributed by atoms with Crippen molar-refractivity contribution >= 4 is 5.91 Å². The molecule has 0 aliphatic carbocycles. The van der Waals surface area contributed by atoms with Crippen LogP contribution in [-0.4, -0.2) is 24.1 Å². The molecule has 2 aromatic rings. The van der Waals surface area contributed by atoms with E-state index in [0.717, 1.165) is 29.7 Å². The number of amides is 1. The SMILES string of the molecule is Cc1ccccc1C(O)CNC(=O)C1NCCc2ccccc21. The van der Waals surface area contributed by atoms with Crippen LogP contribution in [0.1, 0.15) is 34.4 Å². The number of fused-ring (bicyclic) bond motifs is 1. The summed E-state index contributed by atoms with van der Waals surface area (Å²) in [4.78, 5) is 12.5. The highest BCUT2D eigenvalue weighted by atomic mass is 16.3. The molecule has 3 N–H and O–H groups in total. The molecule has 1 amide bonds. The van der Waals surface area contributed by atoms with Crippen LogP contribution in [0.15, 0.2) is 48.5 Å². The summed E-state index contributed by atoms with van der Waals surface area (Å²) in [5.74, 6) is -0.0928. The largest absolute Gasteiger partial charge is 0.387 e. The number of carbonyl (C=O) groups is 1. The van der Waals surface area contributed by atoms with Crippen LogP contribution in [0.3, 0.4) is 0 Å². The van der Waals surface area contributed by atoms with Gasteiger partial charge in [0.15, 0.2) is 0 Å². The lowest BCUT2D eigenvalue weighted by Crippen LogP contribution is -2.42. The lowest BCUT2D eigenvalue weighted by molar-refractivity contribution is -0.123. The maximum atomic E-state index is 12.5. The number of aliphatic hydroxyl groups excluding tert-OH is 1. The summed E-state index contributed by atoms with van der Waals surface area (Å²) >= 11 is 0. The van der Waals surface area contributed by atoms with Crippen LogP contribution >= 0.6 is 0 Å². The van der Waals surface area contributed by atoms with Crippen molar-refractivity contribution < 1.29 is 9.90 Å². The molecule has 120 valence electrons. The van der Waals surface area contributed by atoms with Gasteiger partial charge in [-0.3, -0.25) is 4.79 Å². The van der Waals surface area contributed by atoms with Gasteiger partial charge in [0.2, 0.25) is 5.91 Å². The second kappa shape index (κ2) is 6.94. The van der Waals surface area contributed by atoms with Gasteiger partial charge >= 0.3 is 0 Å². The molecule has 0 spiro atoms. The minimum absolute atomic E-state index is 0.0928. The Morgan fingerprint density at radius 2 is 2.00 bits per heavy atom. The molecule has 3 rings (SSSR count). The monoisotopic (exact) mass is 310 g/mol. The third-order valence-corrected chi connectivity index (χ3v) is 4.39. The van der Waals surface area contributed by atoms with Crippen LogP contribution in [0.4, 0.5) is 0 Å². The normalized spacial score (nSPS) is 18.1. The van der Waals surface area contributed by atoms with Gasteiger partial charge in [-0.25, -0.2) is 0 Å². The Bertz CT molecular complexity index is 699. The Hall–Kier alpha value is -2.17. The van der Waals surface area contributed by atoms with E-state index in [2.05, 4.69) is 16.7 Å². The zero-order valence-corrected chi connectivity index (χ0v) is 13.3. The zero-order valence-electron chi connectivity index (χ0n) is 13.3. The van der Waals surface area contributed by atoms with E-state index in [0.29, 0.717) is 0 Å². The first-order chi connectivity index (χ1) is 11.2. The van der Waals surface area contributed by atoms with Crippen molar-refractivity contribution in [3.8, 4) is 0 Å². The van der Waals surface area contributed by atoms with E-state index in [1.165, 1.54) is 5.56 Å². The first-order valence-corrected chi connectivity index (χ1v) is 7.99. The lowest BCUT2D eigenvalue weighted by Gasteiger charge is -2.26.